The van der Waals surface area contributed by atoms with Crippen molar-refractivity contribution in [2.75, 3.05) is 0 Å². The number of rotatable bonds is 4. The molecular formula is C11H20N2O2Y-2. The van der Waals surface area contributed by atoms with E-state index in [0.717, 1.165) is 19.1 Å². The van der Waals surface area contributed by atoms with E-state index in [9.17, 15) is 9.59 Å². The summed E-state index contributed by atoms with van der Waals surface area (Å²) in [6.07, 6.45) is 3.63. The fraction of sp³-hybridized carbons (Fsp3) is 0.727. The molecule has 1 fully saturated rings. The molecule has 1 saturated carbocycles. The SMILES string of the molecule is CC[C@@H](C=O)NC(=O)[C@H]1CC[C@H]([NH-])C1.[CH3-].[Y]. The molecule has 1 aliphatic carbocycles. The Morgan fingerprint density at radius 2 is 2.19 bits per heavy atom. The Morgan fingerprint density at radius 1 is 1.56 bits per heavy atom. The molecule has 1 rings (SSSR count). The van der Waals surface area contributed by atoms with Crippen molar-refractivity contribution < 1.29 is 42.3 Å². The van der Waals surface area contributed by atoms with Crippen molar-refractivity contribution in [1.82, 2.24) is 5.32 Å². The summed E-state index contributed by atoms with van der Waals surface area (Å²) >= 11 is 0. The van der Waals surface area contributed by atoms with Crippen molar-refractivity contribution in [2.24, 2.45) is 5.92 Å². The van der Waals surface area contributed by atoms with Crippen molar-refractivity contribution in [2.45, 2.75) is 44.7 Å². The van der Waals surface area contributed by atoms with E-state index < -0.39 is 0 Å². The van der Waals surface area contributed by atoms with Crippen LogP contribution in [-0.2, 0) is 42.3 Å². The average molecular weight is 301 g/mol. The van der Waals surface area contributed by atoms with E-state index in [1.165, 1.54) is 0 Å². The van der Waals surface area contributed by atoms with Gasteiger partial charge in [0.05, 0.1) is 6.04 Å². The number of carbonyl (C=O) groups excluding carboxylic acids is 2. The van der Waals surface area contributed by atoms with Gasteiger partial charge in [-0.15, -0.1) is 6.04 Å². The summed E-state index contributed by atoms with van der Waals surface area (Å²) in [4.78, 5) is 22.1. The van der Waals surface area contributed by atoms with Gasteiger partial charge in [-0.1, -0.05) is 19.8 Å². The molecule has 91 valence electrons. The van der Waals surface area contributed by atoms with E-state index in [4.69, 9.17) is 5.73 Å². The minimum atomic E-state index is -0.354. The fourth-order valence-corrected chi connectivity index (χ4v) is 1.75. The molecule has 1 amide bonds. The van der Waals surface area contributed by atoms with Crippen LogP contribution in [-0.4, -0.2) is 24.3 Å². The van der Waals surface area contributed by atoms with Crippen LogP contribution in [0.5, 0.6) is 0 Å². The smallest absolute Gasteiger partial charge is 0.223 e. The topological polar surface area (TPSA) is 70.0 Å². The molecule has 2 N–H and O–H groups in total. The van der Waals surface area contributed by atoms with Crippen LogP contribution in [0.15, 0.2) is 0 Å². The monoisotopic (exact) mass is 301 g/mol. The Hall–Kier alpha value is 0.204. The number of hydrogen-bond donors (Lipinski definition) is 1. The summed E-state index contributed by atoms with van der Waals surface area (Å²) in [5.74, 6) is -0.106. The van der Waals surface area contributed by atoms with Crippen LogP contribution < -0.4 is 5.32 Å². The standard InChI is InChI=1S/C10H17N2O2.CH3.Y/c1-2-9(6-13)12-10(14)7-3-4-8(11)5-7;;/h6-9,11H,2-5H2,1H3,(H,12,14);1H3;/q2*-1;/t7-,8-,9-;;/m0../s1. The van der Waals surface area contributed by atoms with Crippen molar-refractivity contribution in [3.05, 3.63) is 13.2 Å². The molecule has 0 saturated heterocycles. The van der Waals surface area contributed by atoms with Crippen LogP contribution in [0.25, 0.3) is 5.73 Å². The van der Waals surface area contributed by atoms with Crippen LogP contribution >= 0.6 is 0 Å². The first-order valence-electron chi connectivity index (χ1n) is 5.14. The molecule has 0 aliphatic heterocycles. The normalized spacial score (nSPS) is 24.9. The molecule has 0 bridgehead atoms. The average Bonchev–Trinajstić information content (AvgIpc) is 2.61. The van der Waals surface area contributed by atoms with E-state index in [1.807, 2.05) is 6.92 Å². The molecule has 3 atom stereocenters. The van der Waals surface area contributed by atoms with Gasteiger partial charge < -0.3 is 23.3 Å². The molecule has 4 nitrogen and oxygen atoms in total. The zero-order chi connectivity index (χ0) is 10.6. The number of hydrogen-bond acceptors (Lipinski definition) is 2. The second-order valence-electron chi connectivity index (χ2n) is 3.87. The minimum Gasteiger partial charge on any atom is -0.675 e. The molecule has 5 heteroatoms. The van der Waals surface area contributed by atoms with Gasteiger partial charge in [0.25, 0.3) is 0 Å². The number of nitrogens with one attached hydrogen (secondary N) is 2. The second-order valence-corrected chi connectivity index (χ2v) is 3.87. The molecular weight excluding hydrogens is 281 g/mol. The quantitative estimate of drug-likeness (QED) is 0.635. The Labute approximate surface area is 123 Å². The van der Waals surface area contributed by atoms with Crippen molar-refractivity contribution in [3.63, 3.8) is 0 Å². The van der Waals surface area contributed by atoms with Crippen molar-refractivity contribution >= 4 is 12.2 Å². The molecule has 0 aromatic rings. The van der Waals surface area contributed by atoms with Gasteiger partial charge >= 0.3 is 0 Å². The van der Waals surface area contributed by atoms with Crippen LogP contribution in [0, 0.1) is 13.3 Å². The third kappa shape index (κ3) is 5.51. The summed E-state index contributed by atoms with van der Waals surface area (Å²) < 4.78 is 0. The zero-order valence-corrected chi connectivity index (χ0v) is 12.9. The van der Waals surface area contributed by atoms with E-state index in [2.05, 4.69) is 5.32 Å². The molecule has 16 heavy (non-hydrogen) atoms. The molecule has 1 radical (unpaired) electrons. The minimum absolute atomic E-state index is 0. The maximum atomic E-state index is 11.6. The summed E-state index contributed by atoms with van der Waals surface area (Å²) in [5.41, 5.74) is 7.48. The van der Waals surface area contributed by atoms with Gasteiger partial charge in [0.15, 0.2) is 0 Å². The van der Waals surface area contributed by atoms with Crippen LogP contribution in [0.1, 0.15) is 32.6 Å². The second kappa shape index (κ2) is 9.26. The van der Waals surface area contributed by atoms with Crippen molar-refractivity contribution in [1.29, 1.82) is 0 Å². The third-order valence-corrected chi connectivity index (χ3v) is 2.74. The van der Waals surface area contributed by atoms with Gasteiger partial charge in [0.1, 0.15) is 6.29 Å². The first kappa shape index (κ1) is 18.6. The Balaban J connectivity index is 0. The first-order valence-corrected chi connectivity index (χ1v) is 5.14. The van der Waals surface area contributed by atoms with Gasteiger partial charge in [-0.3, -0.25) is 4.79 Å². The molecule has 0 heterocycles. The summed E-state index contributed by atoms with van der Waals surface area (Å²) in [6.45, 7) is 1.86. The van der Waals surface area contributed by atoms with E-state index >= 15 is 0 Å². The van der Waals surface area contributed by atoms with E-state index in [0.29, 0.717) is 12.8 Å². The van der Waals surface area contributed by atoms with E-state index in [-0.39, 0.29) is 64.0 Å². The van der Waals surface area contributed by atoms with Crippen LogP contribution in [0.3, 0.4) is 0 Å². The molecule has 0 unspecified atom stereocenters. The maximum absolute atomic E-state index is 11.6. The predicted molar refractivity (Wildman–Crippen MR) is 60.2 cm³/mol. The first-order chi connectivity index (χ1) is 6.67. The molecule has 0 aromatic heterocycles. The van der Waals surface area contributed by atoms with Crippen LogP contribution in [0.4, 0.5) is 0 Å². The van der Waals surface area contributed by atoms with Gasteiger partial charge in [0.2, 0.25) is 5.91 Å². The fourth-order valence-electron chi connectivity index (χ4n) is 1.75. The third-order valence-electron chi connectivity index (χ3n) is 2.74. The molecule has 1 aliphatic rings. The zero-order valence-electron chi connectivity index (χ0n) is 10.0. The van der Waals surface area contributed by atoms with Crippen LogP contribution in [0.2, 0.25) is 0 Å². The largest absolute Gasteiger partial charge is 0.675 e. The summed E-state index contributed by atoms with van der Waals surface area (Å²) in [6, 6.07) is -0.450. The van der Waals surface area contributed by atoms with Gasteiger partial charge in [0, 0.05) is 38.6 Å². The maximum Gasteiger partial charge on any atom is 0.223 e. The molecule has 0 spiro atoms. The Bertz CT molecular complexity index is 224. The predicted octanol–water partition coefficient (Wildman–Crippen LogP) is 1.75. The van der Waals surface area contributed by atoms with E-state index in [1.54, 1.807) is 0 Å². The van der Waals surface area contributed by atoms with Gasteiger partial charge in [-0.05, 0) is 12.8 Å². The van der Waals surface area contributed by atoms with Gasteiger partial charge in [-0.25, -0.2) is 0 Å². The van der Waals surface area contributed by atoms with Crippen molar-refractivity contribution in [3.8, 4) is 0 Å². The summed E-state index contributed by atoms with van der Waals surface area (Å²) in [5, 5.41) is 2.69. The number of amides is 1. The number of carbonyl (C=O) groups is 2. The number of aldehydes is 1. The summed E-state index contributed by atoms with van der Waals surface area (Å²) in [7, 11) is 0. The Kier molecular flexibility index (Phi) is 10.7. The van der Waals surface area contributed by atoms with Gasteiger partial charge in [-0.2, -0.15) is 0 Å². The Morgan fingerprint density at radius 3 is 2.56 bits per heavy atom. The molecule has 0 aromatic carbocycles.